The topological polar surface area (TPSA) is 29.3 Å². The van der Waals surface area contributed by atoms with Gasteiger partial charge in [0.25, 0.3) is 0 Å². The third kappa shape index (κ3) is 2.96. The number of hydrogen-bond donors (Lipinski definition) is 1. The van der Waals surface area contributed by atoms with Crippen LogP contribution in [0.3, 0.4) is 0 Å². The lowest BCUT2D eigenvalue weighted by Gasteiger charge is -2.23. The standard InChI is InChI=1S/C18H24N2/c1-12-6-7-16(8-13(12)2)11-20(5)18-10-15(4)14(3)9-17(18)19/h6-10H,11,19H2,1-5H3. The van der Waals surface area contributed by atoms with Gasteiger partial charge in [-0.25, -0.2) is 0 Å². The van der Waals surface area contributed by atoms with Crippen LogP contribution in [0.5, 0.6) is 0 Å². The van der Waals surface area contributed by atoms with E-state index in [1.54, 1.807) is 0 Å². The zero-order valence-electron chi connectivity index (χ0n) is 13.1. The quantitative estimate of drug-likeness (QED) is 0.848. The van der Waals surface area contributed by atoms with Gasteiger partial charge in [0.2, 0.25) is 0 Å². The molecule has 2 heteroatoms. The van der Waals surface area contributed by atoms with Crippen molar-refractivity contribution < 1.29 is 0 Å². The Balaban J connectivity index is 2.25. The summed E-state index contributed by atoms with van der Waals surface area (Å²) in [6.07, 6.45) is 0. The summed E-state index contributed by atoms with van der Waals surface area (Å²) < 4.78 is 0. The summed E-state index contributed by atoms with van der Waals surface area (Å²) in [5.41, 5.74) is 14.6. The van der Waals surface area contributed by atoms with Crippen LogP contribution in [0.25, 0.3) is 0 Å². The molecule has 0 spiro atoms. The van der Waals surface area contributed by atoms with Crippen LogP contribution in [0, 0.1) is 27.7 Å². The van der Waals surface area contributed by atoms with E-state index in [1.807, 2.05) is 0 Å². The molecule has 0 aliphatic heterocycles. The Labute approximate surface area is 122 Å². The second-order valence-corrected chi connectivity index (χ2v) is 5.77. The van der Waals surface area contributed by atoms with Crippen molar-refractivity contribution in [2.75, 3.05) is 17.7 Å². The molecule has 0 saturated heterocycles. The molecule has 2 nitrogen and oxygen atoms in total. The van der Waals surface area contributed by atoms with Crippen LogP contribution in [-0.4, -0.2) is 7.05 Å². The minimum atomic E-state index is 0.847. The first kappa shape index (κ1) is 14.4. The van der Waals surface area contributed by atoms with Crippen LogP contribution >= 0.6 is 0 Å². The summed E-state index contributed by atoms with van der Waals surface area (Å²) in [5.74, 6) is 0. The minimum Gasteiger partial charge on any atom is -0.397 e. The molecular formula is C18H24N2. The average Bonchev–Trinajstić information content (AvgIpc) is 2.38. The minimum absolute atomic E-state index is 0.847. The summed E-state index contributed by atoms with van der Waals surface area (Å²) in [5, 5.41) is 0. The van der Waals surface area contributed by atoms with Crippen LogP contribution in [0.4, 0.5) is 11.4 Å². The lowest BCUT2D eigenvalue weighted by molar-refractivity contribution is 0.920. The molecule has 0 bridgehead atoms. The lowest BCUT2D eigenvalue weighted by atomic mass is 10.0. The van der Waals surface area contributed by atoms with Gasteiger partial charge in [0.15, 0.2) is 0 Å². The maximum atomic E-state index is 6.16. The molecule has 0 aliphatic rings. The van der Waals surface area contributed by atoms with Gasteiger partial charge in [0.1, 0.15) is 0 Å². The SMILES string of the molecule is Cc1ccc(CN(C)c2cc(C)c(C)cc2N)cc1C. The number of nitrogens with two attached hydrogens (primary N) is 1. The van der Waals surface area contributed by atoms with Gasteiger partial charge in [-0.1, -0.05) is 18.2 Å². The molecule has 0 aromatic heterocycles. The molecule has 2 aromatic rings. The first-order valence-corrected chi connectivity index (χ1v) is 7.02. The van der Waals surface area contributed by atoms with Gasteiger partial charge in [0, 0.05) is 13.6 Å². The van der Waals surface area contributed by atoms with Crippen LogP contribution in [0.2, 0.25) is 0 Å². The maximum Gasteiger partial charge on any atom is 0.0603 e. The van der Waals surface area contributed by atoms with Crippen LogP contribution < -0.4 is 10.6 Å². The zero-order valence-corrected chi connectivity index (χ0v) is 13.1. The molecule has 106 valence electrons. The molecule has 0 fully saturated rings. The van der Waals surface area contributed by atoms with E-state index in [0.29, 0.717) is 0 Å². The summed E-state index contributed by atoms with van der Waals surface area (Å²) in [6, 6.07) is 10.9. The fourth-order valence-corrected chi connectivity index (χ4v) is 2.41. The summed E-state index contributed by atoms with van der Waals surface area (Å²) in [7, 11) is 2.09. The van der Waals surface area contributed by atoms with Gasteiger partial charge < -0.3 is 10.6 Å². The van der Waals surface area contributed by atoms with Crippen molar-refractivity contribution in [2.45, 2.75) is 34.2 Å². The summed E-state index contributed by atoms with van der Waals surface area (Å²) in [4.78, 5) is 2.21. The number of benzene rings is 2. The fraction of sp³-hybridized carbons (Fsp3) is 0.333. The average molecular weight is 268 g/mol. The molecule has 0 unspecified atom stereocenters. The van der Waals surface area contributed by atoms with E-state index in [0.717, 1.165) is 17.9 Å². The molecule has 0 heterocycles. The van der Waals surface area contributed by atoms with Gasteiger partial charge in [-0.2, -0.15) is 0 Å². The van der Waals surface area contributed by atoms with E-state index in [9.17, 15) is 0 Å². The second kappa shape index (κ2) is 5.58. The van der Waals surface area contributed by atoms with Crippen molar-refractivity contribution in [1.29, 1.82) is 0 Å². The fourth-order valence-electron chi connectivity index (χ4n) is 2.41. The van der Waals surface area contributed by atoms with Crippen LogP contribution in [0.1, 0.15) is 27.8 Å². The maximum absolute atomic E-state index is 6.16. The first-order valence-electron chi connectivity index (χ1n) is 7.02. The van der Waals surface area contributed by atoms with Crippen molar-refractivity contribution >= 4 is 11.4 Å². The number of rotatable bonds is 3. The van der Waals surface area contributed by atoms with Gasteiger partial charge in [-0.15, -0.1) is 0 Å². The van der Waals surface area contributed by atoms with E-state index in [-0.39, 0.29) is 0 Å². The van der Waals surface area contributed by atoms with Crippen molar-refractivity contribution in [3.8, 4) is 0 Å². The molecule has 2 N–H and O–H groups in total. The molecule has 0 atom stereocenters. The Hall–Kier alpha value is -1.96. The van der Waals surface area contributed by atoms with Gasteiger partial charge in [-0.05, 0) is 67.6 Å². The highest BCUT2D eigenvalue weighted by Gasteiger charge is 2.08. The molecular weight excluding hydrogens is 244 g/mol. The summed E-state index contributed by atoms with van der Waals surface area (Å²) in [6.45, 7) is 9.39. The highest BCUT2D eigenvalue weighted by atomic mass is 15.1. The van der Waals surface area contributed by atoms with E-state index in [4.69, 9.17) is 5.73 Å². The zero-order chi connectivity index (χ0) is 14.9. The first-order chi connectivity index (χ1) is 9.38. The van der Waals surface area contributed by atoms with Gasteiger partial charge in [-0.3, -0.25) is 0 Å². The number of hydrogen-bond acceptors (Lipinski definition) is 2. The van der Waals surface area contributed by atoms with Crippen molar-refractivity contribution in [3.05, 3.63) is 58.1 Å². The number of nitrogens with zero attached hydrogens (tertiary/aromatic N) is 1. The van der Waals surface area contributed by atoms with Crippen molar-refractivity contribution in [2.24, 2.45) is 0 Å². The highest BCUT2D eigenvalue weighted by Crippen LogP contribution is 2.27. The predicted octanol–water partition coefficient (Wildman–Crippen LogP) is 4.14. The number of aryl methyl sites for hydroxylation is 4. The monoisotopic (exact) mass is 268 g/mol. The van der Waals surface area contributed by atoms with Crippen molar-refractivity contribution in [3.63, 3.8) is 0 Å². The van der Waals surface area contributed by atoms with Crippen LogP contribution in [-0.2, 0) is 6.54 Å². The molecule has 0 saturated carbocycles. The van der Waals surface area contributed by atoms with Crippen molar-refractivity contribution in [1.82, 2.24) is 0 Å². The van der Waals surface area contributed by atoms with E-state index in [1.165, 1.54) is 27.8 Å². The number of nitrogen functional groups attached to an aromatic ring is 1. The Morgan fingerprint density at radius 1 is 0.850 bits per heavy atom. The third-order valence-corrected chi connectivity index (χ3v) is 4.05. The molecule has 0 amide bonds. The largest absolute Gasteiger partial charge is 0.397 e. The molecule has 20 heavy (non-hydrogen) atoms. The molecule has 2 aromatic carbocycles. The molecule has 0 radical (unpaired) electrons. The highest BCUT2D eigenvalue weighted by molar-refractivity contribution is 5.69. The summed E-state index contributed by atoms with van der Waals surface area (Å²) >= 11 is 0. The Morgan fingerprint density at radius 2 is 1.45 bits per heavy atom. The third-order valence-electron chi connectivity index (χ3n) is 4.05. The molecule has 0 aliphatic carbocycles. The predicted molar refractivity (Wildman–Crippen MR) is 88.4 cm³/mol. The number of anilines is 2. The van der Waals surface area contributed by atoms with Gasteiger partial charge >= 0.3 is 0 Å². The lowest BCUT2D eigenvalue weighted by Crippen LogP contribution is -2.18. The van der Waals surface area contributed by atoms with E-state index < -0.39 is 0 Å². The van der Waals surface area contributed by atoms with E-state index >= 15 is 0 Å². The normalized spacial score (nSPS) is 10.7. The second-order valence-electron chi connectivity index (χ2n) is 5.77. The smallest absolute Gasteiger partial charge is 0.0603 e. The Kier molecular flexibility index (Phi) is 4.03. The van der Waals surface area contributed by atoms with E-state index in [2.05, 4.69) is 70.0 Å². The molecule has 2 rings (SSSR count). The Bertz CT molecular complexity index is 630. The Morgan fingerprint density at radius 3 is 2.10 bits per heavy atom. The van der Waals surface area contributed by atoms with Crippen LogP contribution in [0.15, 0.2) is 30.3 Å². The van der Waals surface area contributed by atoms with Gasteiger partial charge in [0.05, 0.1) is 11.4 Å².